The van der Waals surface area contributed by atoms with Gasteiger partial charge in [-0.2, -0.15) is 0 Å². The first-order valence-corrected chi connectivity index (χ1v) is 6.57. The van der Waals surface area contributed by atoms with Crippen LogP contribution in [0.2, 0.25) is 0 Å². The third-order valence-electron chi connectivity index (χ3n) is 3.84. The number of carboxylic acids is 1. The van der Waals surface area contributed by atoms with E-state index in [-0.39, 0.29) is 5.56 Å². The summed E-state index contributed by atoms with van der Waals surface area (Å²) in [7, 11) is 2.12. The van der Waals surface area contributed by atoms with Crippen LogP contribution in [0.25, 0.3) is 0 Å². The highest BCUT2D eigenvalue weighted by atomic mass is 16.4. The molecule has 1 aromatic carbocycles. The van der Waals surface area contributed by atoms with Crippen molar-refractivity contribution in [3.63, 3.8) is 0 Å². The first-order valence-electron chi connectivity index (χ1n) is 6.57. The van der Waals surface area contributed by atoms with Gasteiger partial charge in [-0.15, -0.1) is 0 Å². The van der Waals surface area contributed by atoms with Crippen LogP contribution in [0.5, 0.6) is 0 Å². The number of hydrogen-bond donors (Lipinski definition) is 3. The van der Waals surface area contributed by atoms with Crippen molar-refractivity contribution in [2.24, 2.45) is 0 Å². The Bertz CT molecular complexity index is 476. The second-order valence-electron chi connectivity index (χ2n) is 5.31. The van der Waals surface area contributed by atoms with Crippen LogP contribution < -0.4 is 11.1 Å². The number of benzene rings is 1. The first kappa shape index (κ1) is 13.7. The molecule has 0 aromatic heterocycles. The van der Waals surface area contributed by atoms with Crippen LogP contribution in [0.3, 0.4) is 0 Å². The lowest BCUT2D eigenvalue weighted by atomic mass is 9.98. The van der Waals surface area contributed by atoms with Crippen molar-refractivity contribution in [2.75, 3.05) is 24.6 Å². The molecular formula is C14H21N3O2. The Balaban J connectivity index is 2.13. The summed E-state index contributed by atoms with van der Waals surface area (Å²) in [5, 5.41) is 12.6. The molecule has 5 heteroatoms. The third-order valence-corrected chi connectivity index (χ3v) is 3.84. The van der Waals surface area contributed by atoms with Gasteiger partial charge in [0.2, 0.25) is 0 Å². The molecule has 0 spiro atoms. The average molecular weight is 263 g/mol. The van der Waals surface area contributed by atoms with E-state index in [0.29, 0.717) is 23.5 Å². The number of rotatable bonds is 3. The number of nitrogens with two attached hydrogens (primary N) is 1. The second kappa shape index (κ2) is 5.48. The molecule has 2 atom stereocenters. The SMILES string of the molecule is CC1CC(Nc2ccc(N)cc2C(=O)O)CCN1C. The van der Waals surface area contributed by atoms with Crippen LogP contribution in [0.15, 0.2) is 18.2 Å². The summed E-state index contributed by atoms with van der Waals surface area (Å²) in [4.78, 5) is 13.5. The van der Waals surface area contributed by atoms with Gasteiger partial charge in [-0.05, 0) is 45.0 Å². The second-order valence-corrected chi connectivity index (χ2v) is 5.31. The number of piperidine rings is 1. The summed E-state index contributed by atoms with van der Waals surface area (Å²) >= 11 is 0. The zero-order valence-corrected chi connectivity index (χ0v) is 11.4. The number of anilines is 2. The maximum Gasteiger partial charge on any atom is 0.337 e. The van der Waals surface area contributed by atoms with E-state index in [9.17, 15) is 9.90 Å². The van der Waals surface area contributed by atoms with E-state index >= 15 is 0 Å². The minimum atomic E-state index is -0.948. The van der Waals surface area contributed by atoms with E-state index in [2.05, 4.69) is 24.2 Å². The quantitative estimate of drug-likeness (QED) is 0.725. The van der Waals surface area contributed by atoms with Gasteiger partial charge in [0.15, 0.2) is 0 Å². The number of nitrogen functional groups attached to an aromatic ring is 1. The van der Waals surface area contributed by atoms with Crippen molar-refractivity contribution >= 4 is 17.3 Å². The molecule has 5 nitrogen and oxygen atoms in total. The molecule has 1 fully saturated rings. The molecule has 1 aromatic rings. The number of carboxylic acid groups (broad SMARTS) is 1. The minimum Gasteiger partial charge on any atom is -0.478 e. The van der Waals surface area contributed by atoms with Gasteiger partial charge < -0.3 is 21.1 Å². The standard InChI is InChI=1S/C14H21N3O2/c1-9-7-11(5-6-17(9)2)16-13-4-3-10(15)8-12(13)14(18)19/h3-4,8-9,11,16H,5-7,15H2,1-2H3,(H,18,19). The van der Waals surface area contributed by atoms with Crippen LogP contribution in [0.4, 0.5) is 11.4 Å². The maximum atomic E-state index is 11.2. The monoisotopic (exact) mass is 263 g/mol. The van der Waals surface area contributed by atoms with Crippen molar-refractivity contribution in [2.45, 2.75) is 31.8 Å². The van der Waals surface area contributed by atoms with Crippen LogP contribution in [-0.2, 0) is 0 Å². The molecule has 0 saturated carbocycles. The number of hydrogen-bond acceptors (Lipinski definition) is 4. The number of aromatic carboxylic acids is 1. The Hall–Kier alpha value is -1.75. The molecule has 104 valence electrons. The number of nitrogens with zero attached hydrogens (tertiary/aromatic N) is 1. The van der Waals surface area contributed by atoms with Crippen molar-refractivity contribution in [3.05, 3.63) is 23.8 Å². The van der Waals surface area contributed by atoms with Gasteiger partial charge in [0.1, 0.15) is 0 Å². The molecule has 2 rings (SSSR count). The molecule has 19 heavy (non-hydrogen) atoms. The predicted molar refractivity (Wildman–Crippen MR) is 76.6 cm³/mol. The van der Waals surface area contributed by atoms with E-state index in [0.717, 1.165) is 19.4 Å². The van der Waals surface area contributed by atoms with Gasteiger partial charge in [0.05, 0.1) is 5.56 Å². The summed E-state index contributed by atoms with van der Waals surface area (Å²) in [6.45, 7) is 3.21. The number of nitrogens with one attached hydrogen (secondary N) is 1. The first-order chi connectivity index (χ1) is 8.97. The Morgan fingerprint density at radius 1 is 1.53 bits per heavy atom. The minimum absolute atomic E-state index is 0.242. The summed E-state index contributed by atoms with van der Waals surface area (Å²) in [6, 6.07) is 5.80. The molecule has 0 aliphatic carbocycles. The normalized spacial score (nSPS) is 24.1. The predicted octanol–water partition coefficient (Wildman–Crippen LogP) is 1.86. The summed E-state index contributed by atoms with van der Waals surface area (Å²) in [5.74, 6) is -0.948. The Labute approximate surface area is 113 Å². The molecule has 0 radical (unpaired) electrons. The molecule has 0 bridgehead atoms. The zero-order valence-electron chi connectivity index (χ0n) is 11.4. The van der Waals surface area contributed by atoms with Gasteiger partial charge in [0.25, 0.3) is 0 Å². The van der Waals surface area contributed by atoms with Crippen LogP contribution in [0, 0.1) is 0 Å². The molecule has 1 aliphatic rings. The van der Waals surface area contributed by atoms with Crippen molar-refractivity contribution in [3.8, 4) is 0 Å². The van der Waals surface area contributed by atoms with E-state index in [4.69, 9.17) is 5.73 Å². The fraction of sp³-hybridized carbons (Fsp3) is 0.500. The number of carbonyl (C=O) groups is 1. The van der Waals surface area contributed by atoms with Crippen molar-refractivity contribution < 1.29 is 9.90 Å². The van der Waals surface area contributed by atoms with Gasteiger partial charge in [-0.1, -0.05) is 0 Å². The van der Waals surface area contributed by atoms with E-state index in [1.165, 1.54) is 6.07 Å². The Morgan fingerprint density at radius 3 is 2.89 bits per heavy atom. The zero-order chi connectivity index (χ0) is 14.0. The summed E-state index contributed by atoms with van der Waals surface area (Å²) in [6.07, 6.45) is 2.03. The third kappa shape index (κ3) is 3.17. The average Bonchev–Trinajstić information content (AvgIpc) is 2.36. The van der Waals surface area contributed by atoms with Crippen LogP contribution in [-0.4, -0.2) is 41.7 Å². The van der Waals surface area contributed by atoms with Gasteiger partial charge >= 0.3 is 5.97 Å². The molecule has 0 amide bonds. The lowest BCUT2D eigenvalue weighted by Gasteiger charge is -2.36. The smallest absolute Gasteiger partial charge is 0.337 e. The van der Waals surface area contributed by atoms with E-state index in [1.54, 1.807) is 12.1 Å². The van der Waals surface area contributed by atoms with Crippen molar-refractivity contribution in [1.82, 2.24) is 4.90 Å². The number of likely N-dealkylation sites (tertiary alicyclic amines) is 1. The van der Waals surface area contributed by atoms with Crippen LogP contribution in [0.1, 0.15) is 30.1 Å². The Morgan fingerprint density at radius 2 is 2.26 bits per heavy atom. The molecular weight excluding hydrogens is 242 g/mol. The maximum absolute atomic E-state index is 11.2. The topological polar surface area (TPSA) is 78.6 Å². The van der Waals surface area contributed by atoms with Gasteiger partial charge in [0, 0.05) is 30.0 Å². The lowest BCUT2D eigenvalue weighted by molar-refractivity contribution is 0.0698. The van der Waals surface area contributed by atoms with Gasteiger partial charge in [-0.3, -0.25) is 0 Å². The van der Waals surface area contributed by atoms with Gasteiger partial charge in [-0.25, -0.2) is 4.79 Å². The highest BCUT2D eigenvalue weighted by molar-refractivity contribution is 5.95. The molecule has 1 aliphatic heterocycles. The highest BCUT2D eigenvalue weighted by Gasteiger charge is 2.23. The fourth-order valence-electron chi connectivity index (χ4n) is 2.51. The highest BCUT2D eigenvalue weighted by Crippen LogP contribution is 2.24. The van der Waals surface area contributed by atoms with Crippen LogP contribution >= 0.6 is 0 Å². The Kier molecular flexibility index (Phi) is 3.95. The van der Waals surface area contributed by atoms with Crippen molar-refractivity contribution in [1.29, 1.82) is 0 Å². The lowest BCUT2D eigenvalue weighted by Crippen LogP contribution is -2.42. The summed E-state index contributed by atoms with van der Waals surface area (Å²) in [5.41, 5.74) is 7.01. The van der Waals surface area contributed by atoms with E-state index < -0.39 is 5.97 Å². The molecule has 1 saturated heterocycles. The summed E-state index contributed by atoms with van der Waals surface area (Å²) < 4.78 is 0. The molecule has 1 heterocycles. The molecule has 2 unspecified atom stereocenters. The molecule has 4 N–H and O–H groups in total. The van der Waals surface area contributed by atoms with E-state index in [1.807, 2.05) is 0 Å². The largest absolute Gasteiger partial charge is 0.478 e. The fourth-order valence-corrected chi connectivity index (χ4v) is 2.51.